The van der Waals surface area contributed by atoms with Gasteiger partial charge in [-0.25, -0.2) is 0 Å². The van der Waals surface area contributed by atoms with Gasteiger partial charge in [-0.05, 0) is 17.8 Å². The fourth-order valence-corrected chi connectivity index (χ4v) is 2.03. The standard InChI is InChI=1S/C12H14F3N5/c1-19(8-10-16-18-20(2)17-10)11(12(13,14)15)9-6-4-3-5-7-9/h3-7,11H,8H2,1-2H3. The molecule has 0 N–H and O–H groups in total. The molecule has 0 bridgehead atoms. The number of hydrogen-bond acceptors (Lipinski definition) is 4. The Balaban J connectivity index is 2.23. The van der Waals surface area contributed by atoms with Crippen molar-refractivity contribution in [3.05, 3.63) is 41.7 Å². The molecule has 8 heteroatoms. The Morgan fingerprint density at radius 3 is 2.40 bits per heavy atom. The fraction of sp³-hybridized carbons (Fsp3) is 0.417. The molecule has 0 aliphatic rings. The monoisotopic (exact) mass is 285 g/mol. The Kier molecular flexibility index (Phi) is 4.03. The van der Waals surface area contributed by atoms with Crippen LogP contribution in [0.15, 0.2) is 30.3 Å². The number of tetrazole rings is 1. The lowest BCUT2D eigenvalue weighted by Gasteiger charge is -2.29. The van der Waals surface area contributed by atoms with Crippen molar-refractivity contribution in [2.24, 2.45) is 7.05 Å². The number of benzene rings is 1. The van der Waals surface area contributed by atoms with Crippen LogP contribution < -0.4 is 0 Å². The molecule has 0 aliphatic heterocycles. The van der Waals surface area contributed by atoms with E-state index in [9.17, 15) is 13.2 Å². The third kappa shape index (κ3) is 3.32. The number of nitrogens with zero attached hydrogens (tertiary/aromatic N) is 5. The first-order valence-corrected chi connectivity index (χ1v) is 5.92. The Bertz CT molecular complexity index is 552. The summed E-state index contributed by atoms with van der Waals surface area (Å²) >= 11 is 0. The Morgan fingerprint density at radius 1 is 1.25 bits per heavy atom. The SMILES string of the molecule is CN(Cc1nnn(C)n1)C(c1ccccc1)C(F)(F)F. The van der Waals surface area contributed by atoms with E-state index in [1.165, 1.54) is 24.0 Å². The van der Waals surface area contributed by atoms with Crippen molar-refractivity contribution < 1.29 is 13.2 Å². The zero-order valence-electron chi connectivity index (χ0n) is 11.0. The predicted octanol–water partition coefficient (Wildman–Crippen LogP) is 1.95. The minimum atomic E-state index is -4.38. The van der Waals surface area contributed by atoms with Crippen LogP contribution in [0, 0.1) is 0 Å². The van der Waals surface area contributed by atoms with Crippen LogP contribution in [0.2, 0.25) is 0 Å². The molecule has 0 saturated carbocycles. The lowest BCUT2D eigenvalue weighted by atomic mass is 10.1. The van der Waals surface area contributed by atoms with Crippen molar-refractivity contribution in [2.75, 3.05) is 7.05 Å². The first kappa shape index (κ1) is 14.4. The lowest BCUT2D eigenvalue weighted by Crippen LogP contribution is -2.35. The van der Waals surface area contributed by atoms with E-state index in [0.717, 1.165) is 4.90 Å². The molecule has 1 heterocycles. The highest BCUT2D eigenvalue weighted by molar-refractivity contribution is 5.20. The van der Waals surface area contributed by atoms with Gasteiger partial charge in [0.05, 0.1) is 13.6 Å². The molecule has 2 rings (SSSR count). The summed E-state index contributed by atoms with van der Waals surface area (Å²) in [7, 11) is 2.95. The summed E-state index contributed by atoms with van der Waals surface area (Å²) in [6.45, 7) is -0.0348. The summed E-state index contributed by atoms with van der Waals surface area (Å²) in [5, 5.41) is 11.2. The molecule has 20 heavy (non-hydrogen) atoms. The molecule has 1 atom stereocenters. The fourth-order valence-electron chi connectivity index (χ4n) is 2.03. The number of aryl methyl sites for hydroxylation is 1. The highest BCUT2D eigenvalue weighted by Gasteiger charge is 2.43. The van der Waals surface area contributed by atoms with E-state index in [4.69, 9.17) is 0 Å². The van der Waals surface area contributed by atoms with Crippen molar-refractivity contribution in [2.45, 2.75) is 18.8 Å². The zero-order chi connectivity index (χ0) is 14.8. The topological polar surface area (TPSA) is 46.8 Å². The van der Waals surface area contributed by atoms with Gasteiger partial charge in [0.2, 0.25) is 0 Å². The van der Waals surface area contributed by atoms with E-state index in [-0.39, 0.29) is 17.9 Å². The molecule has 5 nitrogen and oxygen atoms in total. The Morgan fingerprint density at radius 2 is 1.90 bits per heavy atom. The molecule has 0 aliphatic carbocycles. The van der Waals surface area contributed by atoms with E-state index in [1.807, 2.05) is 0 Å². The van der Waals surface area contributed by atoms with Crippen molar-refractivity contribution in [3.63, 3.8) is 0 Å². The third-order valence-corrected chi connectivity index (χ3v) is 2.81. The average molecular weight is 285 g/mol. The van der Waals surface area contributed by atoms with Crippen molar-refractivity contribution >= 4 is 0 Å². The summed E-state index contributed by atoms with van der Waals surface area (Å²) in [4.78, 5) is 2.38. The summed E-state index contributed by atoms with van der Waals surface area (Å²) in [6, 6.07) is 6.07. The van der Waals surface area contributed by atoms with Crippen LogP contribution in [0.3, 0.4) is 0 Å². The second kappa shape index (κ2) is 5.58. The molecule has 0 radical (unpaired) electrons. The normalized spacial score (nSPS) is 13.7. The van der Waals surface area contributed by atoms with Gasteiger partial charge in [0.1, 0.15) is 6.04 Å². The molecule has 0 spiro atoms. The van der Waals surface area contributed by atoms with Crippen LogP contribution in [-0.2, 0) is 13.6 Å². The number of rotatable bonds is 4. The summed E-state index contributed by atoms with van der Waals surface area (Å²) < 4.78 is 39.8. The number of alkyl halides is 3. The molecular weight excluding hydrogens is 271 g/mol. The molecule has 0 saturated heterocycles. The summed E-state index contributed by atoms with van der Waals surface area (Å²) in [5.74, 6) is 0.250. The van der Waals surface area contributed by atoms with Crippen LogP contribution in [0.5, 0.6) is 0 Å². The van der Waals surface area contributed by atoms with Gasteiger partial charge in [-0.2, -0.15) is 18.0 Å². The quantitative estimate of drug-likeness (QED) is 0.861. The molecule has 2 aromatic rings. The molecule has 0 amide bonds. The molecule has 1 unspecified atom stereocenters. The number of aromatic nitrogens is 4. The molecular formula is C12H14F3N5. The van der Waals surface area contributed by atoms with Crippen LogP contribution in [0.1, 0.15) is 17.4 Å². The largest absolute Gasteiger partial charge is 0.408 e. The van der Waals surface area contributed by atoms with Gasteiger partial charge in [0.15, 0.2) is 5.82 Å². The third-order valence-electron chi connectivity index (χ3n) is 2.81. The number of halogens is 3. The second-order valence-electron chi connectivity index (χ2n) is 4.47. The maximum Gasteiger partial charge on any atom is 0.408 e. The van der Waals surface area contributed by atoms with Crippen LogP contribution >= 0.6 is 0 Å². The lowest BCUT2D eigenvalue weighted by molar-refractivity contribution is -0.184. The van der Waals surface area contributed by atoms with E-state index >= 15 is 0 Å². The molecule has 0 fully saturated rings. The van der Waals surface area contributed by atoms with E-state index in [1.54, 1.807) is 25.2 Å². The minimum absolute atomic E-state index is 0.0348. The molecule has 1 aromatic carbocycles. The van der Waals surface area contributed by atoms with Crippen LogP contribution in [0.4, 0.5) is 13.2 Å². The predicted molar refractivity (Wildman–Crippen MR) is 65.5 cm³/mol. The summed E-state index contributed by atoms with van der Waals surface area (Å²) in [6.07, 6.45) is -4.38. The second-order valence-corrected chi connectivity index (χ2v) is 4.47. The molecule has 108 valence electrons. The Labute approximate surface area is 114 Å². The van der Waals surface area contributed by atoms with Gasteiger partial charge in [-0.15, -0.1) is 10.2 Å². The number of hydrogen-bond donors (Lipinski definition) is 0. The first-order valence-electron chi connectivity index (χ1n) is 5.92. The van der Waals surface area contributed by atoms with Crippen molar-refractivity contribution in [3.8, 4) is 0 Å². The van der Waals surface area contributed by atoms with Gasteiger partial charge in [0.25, 0.3) is 0 Å². The average Bonchev–Trinajstić information content (AvgIpc) is 2.74. The van der Waals surface area contributed by atoms with E-state index < -0.39 is 12.2 Å². The van der Waals surface area contributed by atoms with Crippen molar-refractivity contribution in [1.82, 2.24) is 25.1 Å². The van der Waals surface area contributed by atoms with Gasteiger partial charge >= 0.3 is 6.18 Å². The maximum atomic E-state index is 13.3. The first-order chi connectivity index (χ1) is 9.38. The highest BCUT2D eigenvalue weighted by atomic mass is 19.4. The van der Waals surface area contributed by atoms with Gasteiger partial charge in [-0.3, -0.25) is 4.90 Å². The van der Waals surface area contributed by atoms with Gasteiger partial charge < -0.3 is 0 Å². The van der Waals surface area contributed by atoms with Gasteiger partial charge in [0, 0.05) is 0 Å². The van der Waals surface area contributed by atoms with Crippen LogP contribution in [0.25, 0.3) is 0 Å². The minimum Gasteiger partial charge on any atom is -0.284 e. The van der Waals surface area contributed by atoms with Crippen LogP contribution in [-0.4, -0.2) is 38.3 Å². The zero-order valence-corrected chi connectivity index (χ0v) is 11.0. The summed E-state index contributed by atoms with van der Waals surface area (Å²) in [5.41, 5.74) is 0.186. The van der Waals surface area contributed by atoms with Gasteiger partial charge in [-0.1, -0.05) is 30.3 Å². The highest BCUT2D eigenvalue weighted by Crippen LogP contribution is 2.37. The Hall–Kier alpha value is -1.96. The maximum absolute atomic E-state index is 13.3. The van der Waals surface area contributed by atoms with E-state index in [2.05, 4.69) is 15.4 Å². The molecule has 1 aromatic heterocycles. The smallest absolute Gasteiger partial charge is 0.284 e. The van der Waals surface area contributed by atoms with E-state index in [0.29, 0.717) is 0 Å². The van der Waals surface area contributed by atoms with Crippen molar-refractivity contribution in [1.29, 1.82) is 0 Å².